The van der Waals surface area contributed by atoms with Crippen molar-refractivity contribution in [1.82, 2.24) is 15.6 Å². The summed E-state index contributed by atoms with van der Waals surface area (Å²) in [4.78, 5) is 19.0. The molecule has 2 aromatic rings. The molecule has 27 heavy (non-hydrogen) atoms. The third-order valence-electron chi connectivity index (χ3n) is 4.85. The summed E-state index contributed by atoms with van der Waals surface area (Å²) in [6.07, 6.45) is 2.80. The topological polar surface area (TPSA) is 66.5 Å². The zero-order valence-electron chi connectivity index (χ0n) is 16.1. The van der Waals surface area contributed by atoms with Crippen molar-refractivity contribution >= 4 is 11.8 Å². The lowest BCUT2D eigenvalue weighted by atomic mass is 10.1. The van der Waals surface area contributed by atoms with Crippen molar-refractivity contribution in [2.45, 2.75) is 32.9 Å². The first kappa shape index (κ1) is 19.2. The second kappa shape index (κ2) is 9.37. The predicted molar refractivity (Wildman–Crippen MR) is 107 cm³/mol. The van der Waals surface area contributed by atoms with Crippen LogP contribution in [0.4, 0.5) is 10.6 Å². The molecule has 1 fully saturated rings. The number of carbonyl (C=O) groups excluding carboxylic acids is 1. The summed E-state index contributed by atoms with van der Waals surface area (Å²) < 4.78 is 5.41. The van der Waals surface area contributed by atoms with Crippen LogP contribution in [0.1, 0.15) is 36.6 Å². The largest absolute Gasteiger partial charge is 0.378 e. The van der Waals surface area contributed by atoms with Gasteiger partial charge in [0.25, 0.3) is 0 Å². The van der Waals surface area contributed by atoms with E-state index in [9.17, 15) is 4.79 Å². The minimum absolute atomic E-state index is 0.0523. The zero-order chi connectivity index (χ0) is 19.1. The molecule has 1 aliphatic heterocycles. The number of anilines is 1. The van der Waals surface area contributed by atoms with E-state index in [2.05, 4.69) is 51.7 Å². The maximum absolute atomic E-state index is 12.3. The fourth-order valence-corrected chi connectivity index (χ4v) is 3.18. The maximum atomic E-state index is 12.3. The van der Waals surface area contributed by atoms with E-state index < -0.39 is 0 Å². The third kappa shape index (κ3) is 5.20. The molecule has 2 N–H and O–H groups in total. The molecular formula is C21H28N4O2. The highest BCUT2D eigenvalue weighted by Crippen LogP contribution is 2.18. The van der Waals surface area contributed by atoms with Crippen molar-refractivity contribution in [3.8, 4) is 0 Å². The lowest BCUT2D eigenvalue weighted by molar-refractivity contribution is 0.122. The minimum atomic E-state index is -0.182. The van der Waals surface area contributed by atoms with Crippen LogP contribution >= 0.6 is 0 Å². The molecule has 0 spiro atoms. The van der Waals surface area contributed by atoms with Gasteiger partial charge in [0.1, 0.15) is 5.82 Å². The maximum Gasteiger partial charge on any atom is 0.315 e. The van der Waals surface area contributed by atoms with Gasteiger partial charge in [0.15, 0.2) is 0 Å². The smallest absolute Gasteiger partial charge is 0.315 e. The standard InChI is InChI=1S/C21H28N4O2/c1-3-17-6-8-18(9-7-17)16(2)24-21(26)23-15-19-5-4-10-22-20(19)25-11-13-27-14-12-25/h4-10,16H,3,11-15H2,1-2H3,(H2,23,24,26). The summed E-state index contributed by atoms with van der Waals surface area (Å²) in [5.41, 5.74) is 3.40. The predicted octanol–water partition coefficient (Wildman–Crippen LogP) is 3.04. The molecule has 1 aliphatic rings. The van der Waals surface area contributed by atoms with Gasteiger partial charge in [-0.15, -0.1) is 0 Å². The first-order valence-corrected chi connectivity index (χ1v) is 9.57. The average molecular weight is 368 g/mol. The Balaban J connectivity index is 1.55. The zero-order valence-corrected chi connectivity index (χ0v) is 16.1. The number of aromatic nitrogens is 1. The van der Waals surface area contributed by atoms with Crippen LogP contribution in [0, 0.1) is 0 Å². The Morgan fingerprint density at radius 3 is 2.67 bits per heavy atom. The van der Waals surface area contributed by atoms with Gasteiger partial charge >= 0.3 is 6.03 Å². The number of urea groups is 1. The normalized spacial score (nSPS) is 15.3. The Labute approximate surface area is 160 Å². The number of pyridine rings is 1. The molecule has 2 heterocycles. The van der Waals surface area contributed by atoms with Gasteiger partial charge in [-0.05, 0) is 30.5 Å². The Morgan fingerprint density at radius 1 is 1.22 bits per heavy atom. The molecule has 1 aromatic heterocycles. The Kier molecular flexibility index (Phi) is 6.65. The first-order valence-electron chi connectivity index (χ1n) is 9.57. The minimum Gasteiger partial charge on any atom is -0.378 e. The quantitative estimate of drug-likeness (QED) is 0.822. The first-order chi connectivity index (χ1) is 13.2. The van der Waals surface area contributed by atoms with Crippen LogP contribution in [0.5, 0.6) is 0 Å². The van der Waals surface area contributed by atoms with Crippen LogP contribution in [0.25, 0.3) is 0 Å². The van der Waals surface area contributed by atoms with E-state index >= 15 is 0 Å². The summed E-state index contributed by atoms with van der Waals surface area (Å²) >= 11 is 0. The molecule has 2 amide bonds. The summed E-state index contributed by atoms with van der Waals surface area (Å²) in [7, 11) is 0. The lowest BCUT2D eigenvalue weighted by Gasteiger charge is -2.29. The Hall–Kier alpha value is -2.60. The van der Waals surface area contributed by atoms with Crippen LogP contribution in [0.2, 0.25) is 0 Å². The van der Waals surface area contributed by atoms with Crippen LogP contribution in [0.15, 0.2) is 42.6 Å². The van der Waals surface area contributed by atoms with E-state index in [0.29, 0.717) is 19.8 Å². The number of amides is 2. The van der Waals surface area contributed by atoms with Crippen LogP contribution < -0.4 is 15.5 Å². The number of nitrogens with one attached hydrogen (secondary N) is 2. The second-order valence-corrected chi connectivity index (χ2v) is 6.73. The molecule has 1 atom stereocenters. The number of morpholine rings is 1. The molecule has 0 saturated carbocycles. The van der Waals surface area contributed by atoms with E-state index in [1.54, 1.807) is 6.20 Å². The van der Waals surface area contributed by atoms with Crippen LogP contribution in [-0.2, 0) is 17.7 Å². The summed E-state index contributed by atoms with van der Waals surface area (Å²) in [6.45, 7) is 7.61. The third-order valence-corrected chi connectivity index (χ3v) is 4.85. The number of ether oxygens (including phenoxy) is 1. The van der Waals surface area contributed by atoms with Gasteiger partial charge < -0.3 is 20.3 Å². The van der Waals surface area contributed by atoms with Crippen molar-refractivity contribution < 1.29 is 9.53 Å². The number of carbonyl (C=O) groups is 1. The number of hydrogen-bond donors (Lipinski definition) is 2. The summed E-state index contributed by atoms with van der Waals surface area (Å²) in [6, 6.07) is 12.0. The van der Waals surface area contributed by atoms with Gasteiger partial charge in [0.05, 0.1) is 19.3 Å². The van der Waals surface area contributed by atoms with Gasteiger partial charge in [0.2, 0.25) is 0 Å². The van der Waals surface area contributed by atoms with Crippen molar-refractivity contribution in [2.24, 2.45) is 0 Å². The van der Waals surface area contributed by atoms with Gasteiger partial charge in [-0.1, -0.05) is 37.3 Å². The molecule has 144 valence electrons. The van der Waals surface area contributed by atoms with Gasteiger partial charge in [0, 0.05) is 31.4 Å². The van der Waals surface area contributed by atoms with Crippen LogP contribution in [-0.4, -0.2) is 37.3 Å². The average Bonchev–Trinajstić information content (AvgIpc) is 2.73. The molecule has 1 saturated heterocycles. The van der Waals surface area contributed by atoms with Gasteiger partial charge in [-0.25, -0.2) is 9.78 Å². The lowest BCUT2D eigenvalue weighted by Crippen LogP contribution is -2.39. The number of nitrogens with zero attached hydrogens (tertiary/aromatic N) is 2. The van der Waals surface area contributed by atoms with E-state index in [1.807, 2.05) is 19.1 Å². The SMILES string of the molecule is CCc1ccc(C(C)NC(=O)NCc2cccnc2N2CCOCC2)cc1. The molecule has 6 heteroatoms. The summed E-state index contributed by atoms with van der Waals surface area (Å²) in [5.74, 6) is 0.921. The monoisotopic (exact) mass is 368 g/mol. The summed E-state index contributed by atoms with van der Waals surface area (Å²) in [5, 5.41) is 5.95. The van der Waals surface area contributed by atoms with E-state index in [4.69, 9.17) is 4.74 Å². The molecule has 0 aliphatic carbocycles. The highest BCUT2D eigenvalue weighted by molar-refractivity contribution is 5.74. The van der Waals surface area contributed by atoms with Gasteiger partial charge in [-0.2, -0.15) is 0 Å². The van der Waals surface area contributed by atoms with Crippen molar-refractivity contribution in [2.75, 3.05) is 31.2 Å². The fraction of sp³-hybridized carbons (Fsp3) is 0.429. The Bertz CT molecular complexity index is 742. The van der Waals surface area contributed by atoms with Crippen molar-refractivity contribution in [1.29, 1.82) is 0 Å². The second-order valence-electron chi connectivity index (χ2n) is 6.73. The molecule has 0 radical (unpaired) electrons. The molecule has 3 rings (SSSR count). The Morgan fingerprint density at radius 2 is 1.96 bits per heavy atom. The van der Waals surface area contributed by atoms with Crippen LogP contribution in [0.3, 0.4) is 0 Å². The van der Waals surface area contributed by atoms with E-state index in [1.165, 1.54) is 5.56 Å². The molecule has 1 aromatic carbocycles. The highest BCUT2D eigenvalue weighted by Gasteiger charge is 2.16. The molecule has 0 bridgehead atoms. The van der Waals surface area contributed by atoms with E-state index in [0.717, 1.165) is 36.5 Å². The number of rotatable bonds is 6. The fourth-order valence-electron chi connectivity index (χ4n) is 3.18. The highest BCUT2D eigenvalue weighted by atomic mass is 16.5. The molecule has 1 unspecified atom stereocenters. The van der Waals surface area contributed by atoms with Gasteiger partial charge in [-0.3, -0.25) is 0 Å². The number of hydrogen-bond acceptors (Lipinski definition) is 4. The number of aryl methyl sites for hydroxylation is 1. The number of benzene rings is 1. The molecular weight excluding hydrogens is 340 g/mol. The van der Waals surface area contributed by atoms with E-state index in [-0.39, 0.29) is 12.1 Å². The van der Waals surface area contributed by atoms with Crippen molar-refractivity contribution in [3.63, 3.8) is 0 Å². The van der Waals surface area contributed by atoms with Crippen molar-refractivity contribution in [3.05, 3.63) is 59.3 Å². The molecule has 6 nitrogen and oxygen atoms in total.